The molecule has 1 aliphatic rings. The summed E-state index contributed by atoms with van der Waals surface area (Å²) in [7, 11) is 0. The second-order valence-corrected chi connectivity index (χ2v) is 5.20. The van der Waals surface area contributed by atoms with Crippen LogP contribution in [0.25, 0.3) is 0 Å². The minimum absolute atomic E-state index is 0.674. The highest BCUT2D eigenvalue weighted by Crippen LogP contribution is 2.52. The SMILES string of the molecule is CC1CC(C)(C(C)C(C)C)C1. The largest absolute Gasteiger partial charge is 0.0625 e. The van der Waals surface area contributed by atoms with Crippen LogP contribution in [0.15, 0.2) is 0 Å². The first-order chi connectivity index (χ1) is 4.96. The van der Waals surface area contributed by atoms with Crippen LogP contribution in [-0.2, 0) is 0 Å². The van der Waals surface area contributed by atoms with Crippen molar-refractivity contribution in [1.82, 2.24) is 0 Å². The minimum atomic E-state index is 0.674. The predicted octanol–water partition coefficient (Wildman–Crippen LogP) is 3.71. The lowest BCUT2D eigenvalue weighted by Gasteiger charge is -2.49. The van der Waals surface area contributed by atoms with Gasteiger partial charge in [0.1, 0.15) is 0 Å². The Kier molecular flexibility index (Phi) is 2.32. The maximum absolute atomic E-state index is 2.46. The molecule has 1 aliphatic carbocycles. The lowest BCUT2D eigenvalue weighted by Crippen LogP contribution is -2.40. The molecular formula is C11H22. The zero-order chi connectivity index (χ0) is 8.65. The highest BCUT2D eigenvalue weighted by molar-refractivity contribution is 4.92. The third-order valence-electron chi connectivity index (χ3n) is 3.73. The maximum atomic E-state index is 2.46. The molecule has 0 nitrogen and oxygen atoms in total. The Morgan fingerprint density at radius 2 is 1.64 bits per heavy atom. The van der Waals surface area contributed by atoms with Gasteiger partial charge in [-0.3, -0.25) is 0 Å². The Bertz CT molecular complexity index is 129. The summed E-state index contributed by atoms with van der Waals surface area (Å²) < 4.78 is 0. The van der Waals surface area contributed by atoms with Crippen LogP contribution < -0.4 is 0 Å². The van der Waals surface area contributed by atoms with E-state index >= 15 is 0 Å². The average Bonchev–Trinajstić information content (AvgIpc) is 1.83. The Hall–Kier alpha value is 0. The fourth-order valence-corrected chi connectivity index (χ4v) is 2.71. The first-order valence-corrected chi connectivity index (χ1v) is 4.96. The molecule has 0 heteroatoms. The van der Waals surface area contributed by atoms with E-state index in [-0.39, 0.29) is 0 Å². The van der Waals surface area contributed by atoms with Gasteiger partial charge >= 0.3 is 0 Å². The van der Waals surface area contributed by atoms with E-state index in [2.05, 4.69) is 34.6 Å². The van der Waals surface area contributed by atoms with Crippen molar-refractivity contribution in [2.24, 2.45) is 23.2 Å². The fraction of sp³-hybridized carbons (Fsp3) is 1.00. The number of rotatable bonds is 2. The van der Waals surface area contributed by atoms with Crippen LogP contribution in [0.2, 0.25) is 0 Å². The van der Waals surface area contributed by atoms with E-state index in [9.17, 15) is 0 Å². The Morgan fingerprint density at radius 1 is 1.18 bits per heavy atom. The Labute approximate surface area is 71.4 Å². The fourth-order valence-electron chi connectivity index (χ4n) is 2.71. The Morgan fingerprint density at radius 3 is 1.91 bits per heavy atom. The van der Waals surface area contributed by atoms with Crippen LogP contribution in [0.1, 0.15) is 47.5 Å². The standard InChI is InChI=1S/C11H22/c1-8(2)10(4)11(5)6-9(3)7-11/h8-10H,6-7H2,1-5H3. The zero-order valence-corrected chi connectivity index (χ0v) is 8.65. The van der Waals surface area contributed by atoms with Crippen molar-refractivity contribution in [2.75, 3.05) is 0 Å². The molecule has 66 valence electrons. The monoisotopic (exact) mass is 154 g/mol. The lowest BCUT2D eigenvalue weighted by atomic mass is 9.56. The van der Waals surface area contributed by atoms with Crippen molar-refractivity contribution >= 4 is 0 Å². The topological polar surface area (TPSA) is 0 Å². The molecule has 0 heterocycles. The second kappa shape index (κ2) is 2.80. The highest BCUT2D eigenvalue weighted by atomic mass is 14.5. The molecule has 1 unspecified atom stereocenters. The van der Waals surface area contributed by atoms with Crippen LogP contribution >= 0.6 is 0 Å². The maximum Gasteiger partial charge on any atom is -0.0293 e. The van der Waals surface area contributed by atoms with Gasteiger partial charge in [-0.2, -0.15) is 0 Å². The van der Waals surface area contributed by atoms with E-state index in [4.69, 9.17) is 0 Å². The summed E-state index contributed by atoms with van der Waals surface area (Å²) in [5, 5.41) is 0. The molecule has 1 fully saturated rings. The van der Waals surface area contributed by atoms with Crippen molar-refractivity contribution in [3.8, 4) is 0 Å². The van der Waals surface area contributed by atoms with Crippen LogP contribution in [0.5, 0.6) is 0 Å². The first kappa shape index (κ1) is 9.09. The van der Waals surface area contributed by atoms with Gasteiger partial charge in [0.15, 0.2) is 0 Å². The third kappa shape index (κ3) is 1.60. The van der Waals surface area contributed by atoms with Crippen LogP contribution in [0.4, 0.5) is 0 Å². The quantitative estimate of drug-likeness (QED) is 0.568. The summed E-state index contributed by atoms with van der Waals surface area (Å²) in [5.74, 6) is 2.74. The Balaban J connectivity index is 2.47. The van der Waals surface area contributed by atoms with E-state index in [0.29, 0.717) is 5.41 Å². The van der Waals surface area contributed by atoms with Crippen LogP contribution in [0.3, 0.4) is 0 Å². The molecule has 0 N–H and O–H groups in total. The second-order valence-electron chi connectivity index (χ2n) is 5.20. The molecular weight excluding hydrogens is 132 g/mol. The van der Waals surface area contributed by atoms with Gasteiger partial charge in [0.05, 0.1) is 0 Å². The van der Waals surface area contributed by atoms with E-state index in [1.165, 1.54) is 12.8 Å². The summed E-state index contributed by atoms with van der Waals surface area (Å²) in [6, 6.07) is 0. The molecule has 0 aromatic carbocycles. The van der Waals surface area contributed by atoms with Crippen molar-refractivity contribution in [3.05, 3.63) is 0 Å². The van der Waals surface area contributed by atoms with E-state index in [1.54, 1.807) is 0 Å². The van der Waals surface area contributed by atoms with E-state index < -0.39 is 0 Å². The van der Waals surface area contributed by atoms with Gasteiger partial charge < -0.3 is 0 Å². The molecule has 11 heavy (non-hydrogen) atoms. The molecule has 1 saturated carbocycles. The van der Waals surface area contributed by atoms with Crippen molar-refractivity contribution < 1.29 is 0 Å². The lowest BCUT2D eigenvalue weighted by molar-refractivity contribution is 0.00569. The van der Waals surface area contributed by atoms with Crippen LogP contribution in [0, 0.1) is 23.2 Å². The molecule has 1 atom stereocenters. The predicted molar refractivity (Wildman–Crippen MR) is 50.5 cm³/mol. The van der Waals surface area contributed by atoms with Crippen molar-refractivity contribution in [3.63, 3.8) is 0 Å². The molecule has 0 amide bonds. The van der Waals surface area contributed by atoms with Crippen molar-refractivity contribution in [2.45, 2.75) is 47.5 Å². The molecule has 0 radical (unpaired) electrons. The van der Waals surface area contributed by atoms with Gasteiger partial charge in [-0.1, -0.05) is 34.6 Å². The normalized spacial score (nSPS) is 40.4. The minimum Gasteiger partial charge on any atom is -0.0625 e. The third-order valence-corrected chi connectivity index (χ3v) is 3.73. The van der Waals surface area contributed by atoms with Gasteiger partial charge in [0.25, 0.3) is 0 Å². The molecule has 0 spiro atoms. The zero-order valence-electron chi connectivity index (χ0n) is 8.65. The smallest absolute Gasteiger partial charge is 0.0293 e. The summed E-state index contributed by atoms with van der Waals surface area (Å²) in [5.41, 5.74) is 0.674. The van der Waals surface area contributed by atoms with Gasteiger partial charge in [-0.05, 0) is 36.0 Å². The first-order valence-electron chi connectivity index (χ1n) is 4.96. The summed E-state index contributed by atoms with van der Waals surface area (Å²) in [6.45, 7) is 11.9. The van der Waals surface area contributed by atoms with E-state index in [0.717, 1.165) is 17.8 Å². The number of hydrogen-bond acceptors (Lipinski definition) is 0. The van der Waals surface area contributed by atoms with Crippen molar-refractivity contribution in [1.29, 1.82) is 0 Å². The summed E-state index contributed by atoms with van der Waals surface area (Å²) in [6.07, 6.45) is 2.90. The summed E-state index contributed by atoms with van der Waals surface area (Å²) >= 11 is 0. The van der Waals surface area contributed by atoms with E-state index in [1.807, 2.05) is 0 Å². The summed E-state index contributed by atoms with van der Waals surface area (Å²) in [4.78, 5) is 0. The van der Waals surface area contributed by atoms with Crippen LogP contribution in [-0.4, -0.2) is 0 Å². The average molecular weight is 154 g/mol. The molecule has 0 aromatic heterocycles. The highest BCUT2D eigenvalue weighted by Gasteiger charge is 2.42. The molecule has 0 bridgehead atoms. The number of hydrogen-bond donors (Lipinski definition) is 0. The van der Waals surface area contributed by atoms with Gasteiger partial charge in [0.2, 0.25) is 0 Å². The molecule has 0 saturated heterocycles. The van der Waals surface area contributed by atoms with Gasteiger partial charge in [0, 0.05) is 0 Å². The molecule has 0 aromatic rings. The van der Waals surface area contributed by atoms with Gasteiger partial charge in [-0.25, -0.2) is 0 Å². The molecule has 0 aliphatic heterocycles. The molecule has 1 rings (SSSR count). The van der Waals surface area contributed by atoms with Gasteiger partial charge in [-0.15, -0.1) is 0 Å².